The fraction of sp³-hybridized carbons (Fsp3) is 0.500. The summed E-state index contributed by atoms with van der Waals surface area (Å²) < 4.78 is 0. The Kier molecular flexibility index (Phi) is 2.43. The molecular formula is C16H18N2O2. The number of nitrogens with one attached hydrogen (secondary N) is 1. The minimum Gasteiger partial charge on any atom is -0.384 e. The van der Waals surface area contributed by atoms with Crippen molar-refractivity contribution in [2.24, 2.45) is 5.41 Å². The zero-order chi connectivity index (χ0) is 13.7. The zero-order valence-corrected chi connectivity index (χ0v) is 11.4. The van der Waals surface area contributed by atoms with Crippen LogP contribution in [0.4, 0.5) is 11.4 Å². The van der Waals surface area contributed by atoms with Crippen molar-refractivity contribution in [3.8, 4) is 0 Å². The molecule has 4 nitrogen and oxygen atoms in total. The van der Waals surface area contributed by atoms with Gasteiger partial charge in [0.05, 0.1) is 11.1 Å². The molecule has 1 aromatic rings. The van der Waals surface area contributed by atoms with E-state index in [1.54, 1.807) is 0 Å². The third kappa shape index (κ3) is 1.54. The van der Waals surface area contributed by atoms with Crippen molar-refractivity contribution >= 4 is 23.2 Å². The highest BCUT2D eigenvalue weighted by molar-refractivity contribution is 6.22. The summed E-state index contributed by atoms with van der Waals surface area (Å²) in [6.07, 6.45) is 5.26. The Morgan fingerprint density at radius 3 is 2.75 bits per heavy atom. The summed E-state index contributed by atoms with van der Waals surface area (Å²) in [5.41, 5.74) is 2.71. The Labute approximate surface area is 118 Å². The molecule has 2 aliphatic heterocycles. The maximum Gasteiger partial charge on any atom is 0.240 e. The molecule has 104 valence electrons. The highest BCUT2D eigenvalue weighted by atomic mass is 16.2. The van der Waals surface area contributed by atoms with Crippen molar-refractivity contribution in [2.75, 3.05) is 16.8 Å². The molecule has 0 aromatic heterocycles. The maximum atomic E-state index is 12.7. The number of imide groups is 1. The molecule has 4 heteroatoms. The average molecular weight is 270 g/mol. The van der Waals surface area contributed by atoms with Gasteiger partial charge in [0.1, 0.15) is 0 Å². The van der Waals surface area contributed by atoms with Gasteiger partial charge in [-0.3, -0.25) is 14.5 Å². The van der Waals surface area contributed by atoms with E-state index in [2.05, 4.69) is 5.32 Å². The topological polar surface area (TPSA) is 49.4 Å². The van der Waals surface area contributed by atoms with E-state index in [1.165, 1.54) is 10.5 Å². The third-order valence-electron chi connectivity index (χ3n) is 5.01. The second kappa shape index (κ2) is 4.08. The van der Waals surface area contributed by atoms with Crippen molar-refractivity contribution < 1.29 is 9.59 Å². The monoisotopic (exact) mass is 270 g/mol. The number of benzene rings is 1. The highest BCUT2D eigenvalue weighted by Gasteiger charge is 2.53. The lowest BCUT2D eigenvalue weighted by molar-refractivity contribution is -0.125. The van der Waals surface area contributed by atoms with E-state index in [4.69, 9.17) is 0 Å². The first kappa shape index (κ1) is 11.9. The Bertz CT molecular complexity index is 602. The van der Waals surface area contributed by atoms with Crippen LogP contribution in [-0.2, 0) is 16.0 Å². The van der Waals surface area contributed by atoms with Gasteiger partial charge < -0.3 is 5.32 Å². The van der Waals surface area contributed by atoms with E-state index in [0.29, 0.717) is 6.42 Å². The first-order chi connectivity index (χ1) is 9.70. The lowest BCUT2D eigenvalue weighted by Gasteiger charge is -2.21. The van der Waals surface area contributed by atoms with Gasteiger partial charge in [-0.2, -0.15) is 0 Å². The predicted molar refractivity (Wildman–Crippen MR) is 76.6 cm³/mol. The molecular weight excluding hydrogens is 252 g/mol. The summed E-state index contributed by atoms with van der Waals surface area (Å²) >= 11 is 0. The van der Waals surface area contributed by atoms with E-state index >= 15 is 0 Å². The van der Waals surface area contributed by atoms with Crippen LogP contribution in [0.15, 0.2) is 18.2 Å². The molecule has 1 saturated carbocycles. The van der Waals surface area contributed by atoms with Gasteiger partial charge in [-0.05, 0) is 43.0 Å². The third-order valence-corrected chi connectivity index (χ3v) is 5.01. The number of nitrogens with zero attached hydrogens (tertiary/aromatic N) is 1. The van der Waals surface area contributed by atoms with Gasteiger partial charge in [0, 0.05) is 18.7 Å². The second-order valence-corrected chi connectivity index (χ2v) is 6.22. The fourth-order valence-electron chi connectivity index (χ4n) is 3.93. The minimum atomic E-state index is -0.381. The van der Waals surface area contributed by atoms with Gasteiger partial charge in [0.15, 0.2) is 0 Å². The summed E-state index contributed by atoms with van der Waals surface area (Å²) in [6.45, 7) is 0.935. The fourth-order valence-corrected chi connectivity index (χ4v) is 3.93. The van der Waals surface area contributed by atoms with E-state index in [-0.39, 0.29) is 17.2 Å². The van der Waals surface area contributed by atoms with E-state index in [1.807, 2.05) is 18.2 Å². The Morgan fingerprint density at radius 1 is 1.15 bits per heavy atom. The molecule has 1 saturated heterocycles. The van der Waals surface area contributed by atoms with Crippen molar-refractivity contribution in [2.45, 2.75) is 38.5 Å². The summed E-state index contributed by atoms with van der Waals surface area (Å²) in [7, 11) is 0. The number of hydrogen-bond acceptors (Lipinski definition) is 3. The molecule has 2 amide bonds. The van der Waals surface area contributed by atoms with Crippen LogP contribution in [0.25, 0.3) is 0 Å². The molecule has 1 aromatic carbocycles. The number of amides is 2. The molecule has 1 aliphatic carbocycles. The second-order valence-electron chi connectivity index (χ2n) is 6.22. The van der Waals surface area contributed by atoms with Crippen molar-refractivity contribution in [1.29, 1.82) is 0 Å². The van der Waals surface area contributed by atoms with Crippen LogP contribution in [-0.4, -0.2) is 18.4 Å². The van der Waals surface area contributed by atoms with Crippen molar-refractivity contribution in [3.05, 3.63) is 23.8 Å². The van der Waals surface area contributed by atoms with Crippen LogP contribution in [0.5, 0.6) is 0 Å². The average Bonchev–Trinajstić information content (AvgIpc) is 3.11. The van der Waals surface area contributed by atoms with Crippen LogP contribution >= 0.6 is 0 Å². The maximum absolute atomic E-state index is 12.7. The van der Waals surface area contributed by atoms with Gasteiger partial charge in [-0.25, -0.2) is 0 Å². The number of carbonyl (C=O) groups excluding carboxylic acids is 2. The molecule has 3 aliphatic rings. The van der Waals surface area contributed by atoms with Crippen LogP contribution in [0.1, 0.15) is 37.7 Å². The van der Waals surface area contributed by atoms with Crippen LogP contribution in [0, 0.1) is 5.41 Å². The summed E-state index contributed by atoms with van der Waals surface area (Å²) in [5, 5.41) is 3.30. The van der Waals surface area contributed by atoms with Gasteiger partial charge >= 0.3 is 0 Å². The first-order valence-electron chi connectivity index (χ1n) is 7.44. The minimum absolute atomic E-state index is 0.0252. The lowest BCUT2D eigenvalue weighted by atomic mass is 9.84. The quantitative estimate of drug-likeness (QED) is 0.798. The van der Waals surface area contributed by atoms with E-state index in [0.717, 1.165) is 50.0 Å². The van der Waals surface area contributed by atoms with Crippen molar-refractivity contribution in [3.63, 3.8) is 0 Å². The predicted octanol–water partition coefficient (Wildman–Crippen LogP) is 2.48. The van der Waals surface area contributed by atoms with Gasteiger partial charge in [-0.1, -0.05) is 12.8 Å². The van der Waals surface area contributed by atoms with Gasteiger partial charge in [0.25, 0.3) is 0 Å². The molecule has 0 unspecified atom stereocenters. The number of anilines is 2. The summed E-state index contributed by atoms with van der Waals surface area (Å²) in [6, 6.07) is 5.87. The van der Waals surface area contributed by atoms with Crippen molar-refractivity contribution in [1.82, 2.24) is 0 Å². The molecule has 1 N–H and O–H groups in total. The Hall–Kier alpha value is -1.84. The number of hydrogen-bond donors (Lipinski definition) is 1. The molecule has 20 heavy (non-hydrogen) atoms. The Balaban J connectivity index is 1.71. The normalized spacial score (nSPS) is 23.5. The summed E-state index contributed by atoms with van der Waals surface area (Å²) in [5.74, 6) is 0.00807. The van der Waals surface area contributed by atoms with Crippen LogP contribution in [0.3, 0.4) is 0 Å². The van der Waals surface area contributed by atoms with Gasteiger partial charge in [0.2, 0.25) is 11.8 Å². The highest BCUT2D eigenvalue weighted by Crippen LogP contribution is 2.48. The number of rotatable bonds is 1. The first-order valence-corrected chi connectivity index (χ1v) is 7.44. The number of carbonyl (C=O) groups is 2. The molecule has 2 heterocycles. The van der Waals surface area contributed by atoms with Crippen LogP contribution in [0.2, 0.25) is 0 Å². The smallest absolute Gasteiger partial charge is 0.240 e. The lowest BCUT2D eigenvalue weighted by Crippen LogP contribution is -2.34. The largest absolute Gasteiger partial charge is 0.384 e. The van der Waals surface area contributed by atoms with E-state index in [9.17, 15) is 9.59 Å². The van der Waals surface area contributed by atoms with Gasteiger partial charge in [-0.15, -0.1) is 0 Å². The molecule has 1 spiro atoms. The molecule has 0 radical (unpaired) electrons. The number of fused-ring (bicyclic) bond motifs is 1. The summed E-state index contributed by atoms with van der Waals surface area (Å²) in [4.78, 5) is 26.5. The standard InChI is InChI=1S/C16H18N2O2/c19-14-10-16(6-1-2-7-16)15(20)18(14)12-3-4-13-11(9-12)5-8-17-13/h3-4,9,17H,1-2,5-8,10H2. The molecule has 4 rings (SSSR count). The van der Waals surface area contributed by atoms with E-state index < -0.39 is 0 Å². The Morgan fingerprint density at radius 2 is 1.95 bits per heavy atom. The molecule has 0 atom stereocenters. The molecule has 2 fully saturated rings. The zero-order valence-electron chi connectivity index (χ0n) is 11.4. The molecule has 0 bridgehead atoms. The SMILES string of the molecule is O=C1CC2(CCCC2)C(=O)N1c1ccc2c(c1)CCN2. The van der Waals surface area contributed by atoms with Crippen LogP contribution < -0.4 is 10.2 Å².